The first-order chi connectivity index (χ1) is 14.4. The topological polar surface area (TPSA) is 95.2 Å². The Kier molecular flexibility index (Phi) is 5.83. The van der Waals surface area contributed by atoms with E-state index in [9.17, 15) is 17.6 Å². The number of hydrogen-bond donors (Lipinski definition) is 2. The van der Waals surface area contributed by atoms with Gasteiger partial charge in [-0.3, -0.25) is 4.79 Å². The molecule has 0 bridgehead atoms. The number of para-hydroxylation sites is 2. The number of amides is 1. The van der Waals surface area contributed by atoms with Crippen LogP contribution in [0.3, 0.4) is 0 Å². The average Bonchev–Trinajstić information content (AvgIpc) is 3.17. The van der Waals surface area contributed by atoms with E-state index in [0.717, 1.165) is 29.0 Å². The summed E-state index contributed by atoms with van der Waals surface area (Å²) in [5.74, 6) is -0.273. The van der Waals surface area contributed by atoms with E-state index in [0.29, 0.717) is 32.4 Å². The van der Waals surface area contributed by atoms with Gasteiger partial charge in [-0.2, -0.15) is 4.31 Å². The van der Waals surface area contributed by atoms with Crippen molar-refractivity contribution in [2.75, 3.05) is 19.6 Å². The molecule has 0 saturated carbocycles. The first kappa shape index (κ1) is 20.5. The molecule has 1 atom stereocenters. The second-order valence-corrected chi connectivity index (χ2v) is 9.34. The number of H-pyrrole nitrogens is 1. The zero-order valence-corrected chi connectivity index (χ0v) is 17.2. The minimum absolute atomic E-state index is 0.0369. The van der Waals surface area contributed by atoms with Crippen LogP contribution < -0.4 is 5.32 Å². The molecule has 1 aliphatic heterocycles. The highest BCUT2D eigenvalue weighted by atomic mass is 32.2. The third-order valence-corrected chi connectivity index (χ3v) is 7.19. The zero-order chi connectivity index (χ0) is 21.1. The molecule has 1 aliphatic rings. The highest BCUT2D eigenvalue weighted by Crippen LogP contribution is 2.24. The van der Waals surface area contributed by atoms with E-state index in [1.54, 1.807) is 0 Å². The summed E-state index contributed by atoms with van der Waals surface area (Å²) in [4.78, 5) is 20.3. The summed E-state index contributed by atoms with van der Waals surface area (Å²) in [5, 5.41) is 2.89. The summed E-state index contributed by atoms with van der Waals surface area (Å²) in [5.41, 5.74) is 1.83. The average molecular weight is 431 g/mol. The van der Waals surface area contributed by atoms with Gasteiger partial charge in [-0.15, -0.1) is 0 Å². The summed E-state index contributed by atoms with van der Waals surface area (Å²) in [6.45, 7) is 0.887. The first-order valence-electron chi connectivity index (χ1n) is 9.90. The zero-order valence-electron chi connectivity index (χ0n) is 16.3. The number of imidazole rings is 1. The quantitative estimate of drug-likeness (QED) is 0.628. The standard InChI is InChI=1S/C21H23FN4O3S/c22-16-7-9-17(10-8-16)30(28,29)26-13-3-4-15(14-26)21(27)23-12-11-20-24-18-5-1-2-6-19(18)25-20/h1-2,5-10,15H,3-4,11-14H2,(H,23,27)(H,24,25)/t15-/m0/s1. The fourth-order valence-electron chi connectivity index (χ4n) is 3.70. The number of nitrogens with zero attached hydrogens (tertiary/aromatic N) is 2. The molecule has 0 radical (unpaired) electrons. The van der Waals surface area contributed by atoms with Crippen molar-refractivity contribution in [3.05, 3.63) is 60.2 Å². The molecule has 30 heavy (non-hydrogen) atoms. The highest BCUT2D eigenvalue weighted by molar-refractivity contribution is 7.89. The highest BCUT2D eigenvalue weighted by Gasteiger charge is 2.33. The van der Waals surface area contributed by atoms with Gasteiger partial charge in [-0.25, -0.2) is 17.8 Å². The predicted octanol–water partition coefficient (Wildman–Crippen LogP) is 2.46. The Hall–Kier alpha value is -2.78. The molecule has 1 amide bonds. The van der Waals surface area contributed by atoms with Crippen LogP contribution in [0.4, 0.5) is 4.39 Å². The van der Waals surface area contributed by atoms with Crippen molar-refractivity contribution in [3.8, 4) is 0 Å². The number of aromatic nitrogens is 2. The maximum atomic E-state index is 13.1. The molecule has 0 spiro atoms. The van der Waals surface area contributed by atoms with Gasteiger partial charge in [0.25, 0.3) is 0 Å². The van der Waals surface area contributed by atoms with Crippen molar-refractivity contribution >= 4 is 27.0 Å². The molecule has 158 valence electrons. The van der Waals surface area contributed by atoms with Crippen LogP contribution in [0.5, 0.6) is 0 Å². The molecule has 7 nitrogen and oxygen atoms in total. The van der Waals surface area contributed by atoms with Crippen LogP contribution in [0.25, 0.3) is 11.0 Å². The Bertz CT molecular complexity index is 1110. The fraction of sp³-hybridized carbons (Fsp3) is 0.333. The van der Waals surface area contributed by atoms with Crippen LogP contribution in [0.15, 0.2) is 53.4 Å². The number of carbonyl (C=O) groups is 1. The van der Waals surface area contributed by atoms with E-state index in [4.69, 9.17) is 0 Å². The molecule has 4 rings (SSSR count). The lowest BCUT2D eigenvalue weighted by Gasteiger charge is -2.31. The Morgan fingerprint density at radius 2 is 1.97 bits per heavy atom. The van der Waals surface area contributed by atoms with Crippen LogP contribution in [-0.2, 0) is 21.2 Å². The van der Waals surface area contributed by atoms with Crippen molar-refractivity contribution in [1.29, 1.82) is 0 Å². The molecule has 3 aromatic rings. The molecule has 2 heterocycles. The number of nitrogens with one attached hydrogen (secondary N) is 2. The van der Waals surface area contributed by atoms with E-state index >= 15 is 0 Å². The van der Waals surface area contributed by atoms with Gasteiger partial charge in [0.2, 0.25) is 15.9 Å². The van der Waals surface area contributed by atoms with E-state index in [-0.39, 0.29) is 17.3 Å². The third-order valence-electron chi connectivity index (χ3n) is 5.31. The molecule has 0 unspecified atom stereocenters. The second kappa shape index (κ2) is 8.53. The van der Waals surface area contributed by atoms with Crippen LogP contribution in [0, 0.1) is 11.7 Å². The van der Waals surface area contributed by atoms with Gasteiger partial charge in [0.1, 0.15) is 11.6 Å². The predicted molar refractivity (Wildman–Crippen MR) is 111 cm³/mol. The van der Waals surface area contributed by atoms with Crippen LogP contribution >= 0.6 is 0 Å². The SMILES string of the molecule is O=C(NCCc1nc2ccccc2[nH]1)[C@H]1CCCN(S(=O)(=O)c2ccc(F)cc2)C1. The van der Waals surface area contributed by atoms with Gasteiger partial charge in [-0.1, -0.05) is 12.1 Å². The molecule has 9 heteroatoms. The van der Waals surface area contributed by atoms with Gasteiger partial charge in [0, 0.05) is 26.1 Å². The number of aromatic amines is 1. The first-order valence-corrected chi connectivity index (χ1v) is 11.3. The number of carbonyl (C=O) groups excluding carboxylic acids is 1. The Labute approximate surface area is 174 Å². The second-order valence-electron chi connectivity index (χ2n) is 7.40. The molecule has 0 aliphatic carbocycles. The number of sulfonamides is 1. The number of rotatable bonds is 6. The molecule has 1 fully saturated rings. The van der Waals surface area contributed by atoms with Gasteiger partial charge < -0.3 is 10.3 Å². The van der Waals surface area contributed by atoms with Crippen molar-refractivity contribution in [2.24, 2.45) is 5.92 Å². The van der Waals surface area contributed by atoms with Gasteiger partial charge in [0.05, 0.1) is 21.8 Å². The lowest BCUT2D eigenvalue weighted by molar-refractivity contribution is -0.126. The number of fused-ring (bicyclic) bond motifs is 1. The van der Waals surface area contributed by atoms with E-state index in [2.05, 4.69) is 15.3 Å². The molecule has 1 aromatic heterocycles. The summed E-state index contributed by atoms with van der Waals surface area (Å²) in [6, 6.07) is 12.5. The summed E-state index contributed by atoms with van der Waals surface area (Å²) in [6.07, 6.45) is 1.79. The Morgan fingerprint density at radius 3 is 2.73 bits per heavy atom. The monoisotopic (exact) mass is 430 g/mol. The minimum Gasteiger partial charge on any atom is -0.355 e. The number of hydrogen-bond acceptors (Lipinski definition) is 4. The normalized spacial score (nSPS) is 17.8. The number of benzene rings is 2. The third kappa shape index (κ3) is 4.36. The maximum absolute atomic E-state index is 13.1. The molecule has 1 saturated heterocycles. The van der Waals surface area contributed by atoms with E-state index in [1.807, 2.05) is 24.3 Å². The molecular weight excluding hydrogens is 407 g/mol. The van der Waals surface area contributed by atoms with Crippen molar-refractivity contribution < 1.29 is 17.6 Å². The summed E-state index contributed by atoms with van der Waals surface area (Å²) >= 11 is 0. The minimum atomic E-state index is -3.75. The largest absolute Gasteiger partial charge is 0.355 e. The Balaban J connectivity index is 1.34. The lowest BCUT2D eigenvalue weighted by Crippen LogP contribution is -2.45. The molecule has 2 N–H and O–H groups in total. The maximum Gasteiger partial charge on any atom is 0.243 e. The lowest BCUT2D eigenvalue weighted by atomic mass is 9.99. The van der Waals surface area contributed by atoms with Crippen molar-refractivity contribution in [3.63, 3.8) is 0 Å². The van der Waals surface area contributed by atoms with Crippen LogP contribution in [0.1, 0.15) is 18.7 Å². The Morgan fingerprint density at radius 1 is 1.20 bits per heavy atom. The number of halogens is 1. The molecular formula is C21H23FN4O3S. The van der Waals surface area contributed by atoms with Gasteiger partial charge in [-0.05, 0) is 49.2 Å². The smallest absolute Gasteiger partial charge is 0.243 e. The summed E-state index contributed by atoms with van der Waals surface area (Å²) < 4.78 is 40.1. The van der Waals surface area contributed by atoms with E-state index in [1.165, 1.54) is 16.4 Å². The van der Waals surface area contributed by atoms with Crippen LogP contribution in [0.2, 0.25) is 0 Å². The van der Waals surface area contributed by atoms with Crippen molar-refractivity contribution in [1.82, 2.24) is 19.6 Å². The van der Waals surface area contributed by atoms with E-state index < -0.39 is 21.8 Å². The molecule has 2 aromatic carbocycles. The van der Waals surface area contributed by atoms with Gasteiger partial charge in [0.15, 0.2) is 0 Å². The fourth-order valence-corrected chi connectivity index (χ4v) is 5.23. The summed E-state index contributed by atoms with van der Waals surface area (Å²) in [7, 11) is -3.75. The van der Waals surface area contributed by atoms with Gasteiger partial charge >= 0.3 is 0 Å². The number of piperidine rings is 1. The van der Waals surface area contributed by atoms with Crippen LogP contribution in [-0.4, -0.2) is 48.2 Å². The van der Waals surface area contributed by atoms with Crippen molar-refractivity contribution in [2.45, 2.75) is 24.2 Å².